The molecule has 9 heteroatoms. The van der Waals surface area contributed by atoms with E-state index in [9.17, 15) is 24.8 Å². The van der Waals surface area contributed by atoms with Crippen LogP contribution < -0.4 is 0 Å². The summed E-state index contributed by atoms with van der Waals surface area (Å²) in [6.07, 6.45) is 17.0. The predicted octanol–water partition coefficient (Wildman–Crippen LogP) is 7.74. The summed E-state index contributed by atoms with van der Waals surface area (Å²) in [7, 11) is 0. The van der Waals surface area contributed by atoms with Crippen molar-refractivity contribution in [2.24, 2.45) is 33.0 Å². The van der Waals surface area contributed by atoms with Crippen LogP contribution in [-0.2, 0) is 20.9 Å². The molecule has 1 aromatic heterocycles. The summed E-state index contributed by atoms with van der Waals surface area (Å²) in [5.41, 5.74) is 3.21. The Morgan fingerprint density at radius 2 is 1.82 bits per heavy atom. The summed E-state index contributed by atoms with van der Waals surface area (Å²) >= 11 is 0. The van der Waals surface area contributed by atoms with Crippen molar-refractivity contribution in [3.05, 3.63) is 68.8 Å². The van der Waals surface area contributed by atoms with Crippen molar-refractivity contribution in [3.63, 3.8) is 0 Å². The van der Waals surface area contributed by atoms with Gasteiger partial charge in [0.2, 0.25) is 5.78 Å². The second kappa shape index (κ2) is 10.5. The molecule has 3 saturated carbocycles. The molecule has 0 amide bonds. The average Bonchev–Trinajstić information content (AvgIpc) is 3.47. The van der Waals surface area contributed by atoms with Crippen LogP contribution in [-0.4, -0.2) is 37.9 Å². The molecule has 5 aliphatic carbocycles. The Hall–Kier alpha value is -3.49. The highest BCUT2D eigenvalue weighted by Crippen LogP contribution is 2.75. The molecule has 1 aromatic rings. The van der Waals surface area contributed by atoms with Gasteiger partial charge in [0.15, 0.2) is 5.76 Å². The molecule has 0 aromatic carbocycles. The van der Waals surface area contributed by atoms with Crippen molar-refractivity contribution in [1.82, 2.24) is 9.55 Å². The van der Waals surface area contributed by atoms with Gasteiger partial charge in [-0.1, -0.05) is 50.4 Å². The van der Waals surface area contributed by atoms with Gasteiger partial charge in [-0.25, -0.2) is 4.57 Å². The minimum Gasteiger partial charge on any atom is -0.504 e. The monoisotopic (exact) mass is 617 g/mol. The minimum atomic E-state index is -0.568. The lowest BCUT2D eigenvalue weighted by Gasteiger charge is -2.70. The summed E-state index contributed by atoms with van der Waals surface area (Å²) < 4.78 is 7.41. The van der Waals surface area contributed by atoms with Gasteiger partial charge in [0.05, 0.1) is 18.6 Å². The number of fused-ring (bicyclic) bond motifs is 7. The first-order valence-corrected chi connectivity index (χ1v) is 16.5. The normalized spacial score (nSPS) is 37.3. The maximum Gasteiger partial charge on any atom is 0.434 e. The Morgan fingerprint density at radius 1 is 1.09 bits per heavy atom. The first kappa shape index (κ1) is 31.5. The van der Waals surface area contributed by atoms with Crippen LogP contribution in [0.25, 0.3) is 0 Å². The number of aliphatic hydroxyl groups excluding tert-OH is 1. The van der Waals surface area contributed by atoms with Crippen LogP contribution in [0.1, 0.15) is 99.3 Å². The molecule has 0 unspecified atom stereocenters. The van der Waals surface area contributed by atoms with Crippen molar-refractivity contribution in [1.29, 1.82) is 0 Å². The van der Waals surface area contributed by atoms with Crippen LogP contribution in [0.15, 0.2) is 58.7 Å². The number of carbonyl (C=O) groups is 2. The van der Waals surface area contributed by atoms with E-state index in [0.717, 1.165) is 56.1 Å². The summed E-state index contributed by atoms with van der Waals surface area (Å²) in [6.45, 7) is 14.3. The topological polar surface area (TPSA) is 125 Å². The Balaban J connectivity index is 1.20. The molecular formula is C36H47N3O6. The second-order valence-corrected chi connectivity index (χ2v) is 15.6. The zero-order valence-electron chi connectivity index (χ0n) is 27.6. The van der Waals surface area contributed by atoms with Crippen molar-refractivity contribution in [2.45, 2.75) is 106 Å². The maximum atomic E-state index is 13.7. The molecule has 1 heterocycles. The number of hydrogen-bond acceptors (Lipinski definition) is 7. The van der Waals surface area contributed by atoms with Gasteiger partial charge in [0.1, 0.15) is 12.4 Å². The number of imidazole rings is 1. The number of aromatic nitrogens is 2. The van der Waals surface area contributed by atoms with Gasteiger partial charge in [-0.15, -0.1) is 0 Å². The van der Waals surface area contributed by atoms with E-state index in [1.54, 1.807) is 12.3 Å². The number of aliphatic hydroxyl groups is 1. The molecule has 6 rings (SSSR count). The third-order valence-electron chi connectivity index (χ3n) is 13.2. The molecule has 1 N–H and O–H groups in total. The molecule has 6 atom stereocenters. The standard InChI is InChI=1S/C36H47N3O6/c1-23-24-9-10-27-34(4,25(24)21-26(40)29(23)41)14-16-36(6)28-22-33(3,12-11-32(28,2)13-15-35(27,36)5)30(42)45-20-8-7-18-38-19-17-37-31(38)39(43)44/h9-10,17,19,21,28,41H,7-8,11-16,18,20,22H2,1-6H3/t28-,32-,33-,34+,35-,36+/m1/s1. The Morgan fingerprint density at radius 3 is 2.56 bits per heavy atom. The maximum absolute atomic E-state index is 13.7. The zero-order chi connectivity index (χ0) is 32.6. The van der Waals surface area contributed by atoms with Crippen molar-refractivity contribution < 1.29 is 24.4 Å². The molecule has 0 spiro atoms. The first-order valence-electron chi connectivity index (χ1n) is 16.5. The van der Waals surface area contributed by atoms with E-state index < -0.39 is 10.3 Å². The van der Waals surface area contributed by atoms with Gasteiger partial charge in [-0.05, 0) is 116 Å². The average molecular weight is 618 g/mol. The van der Waals surface area contributed by atoms with Gasteiger partial charge in [-0.3, -0.25) is 9.59 Å². The molecule has 5 aliphatic rings. The fraction of sp³-hybridized carbons (Fsp3) is 0.639. The number of ketones is 1. The Bertz CT molecular complexity index is 1600. The summed E-state index contributed by atoms with van der Waals surface area (Å²) in [4.78, 5) is 40.9. The highest BCUT2D eigenvalue weighted by Gasteiger charge is 2.67. The fourth-order valence-electron chi connectivity index (χ4n) is 10.0. The van der Waals surface area contributed by atoms with Crippen LogP contribution in [0.2, 0.25) is 0 Å². The largest absolute Gasteiger partial charge is 0.504 e. The number of aryl methyl sites for hydroxylation is 1. The zero-order valence-corrected chi connectivity index (χ0v) is 27.6. The summed E-state index contributed by atoms with van der Waals surface area (Å²) in [5.74, 6) is -0.424. The number of allylic oxidation sites excluding steroid dienone is 7. The summed E-state index contributed by atoms with van der Waals surface area (Å²) in [6, 6.07) is 0. The van der Waals surface area contributed by atoms with Gasteiger partial charge >= 0.3 is 11.9 Å². The number of carbonyl (C=O) groups excluding carboxylic acids is 2. The van der Waals surface area contributed by atoms with Gasteiger partial charge < -0.3 is 20.0 Å². The van der Waals surface area contributed by atoms with E-state index >= 15 is 0 Å². The third kappa shape index (κ3) is 4.58. The first-order chi connectivity index (χ1) is 21.1. The highest BCUT2D eigenvalue weighted by molar-refractivity contribution is 6.06. The number of esters is 1. The number of nitro groups is 1. The lowest BCUT2D eigenvalue weighted by Crippen LogP contribution is -2.62. The molecule has 9 nitrogen and oxygen atoms in total. The summed E-state index contributed by atoms with van der Waals surface area (Å²) in [5, 5.41) is 21.5. The lowest BCUT2D eigenvalue weighted by molar-refractivity contribution is -0.396. The van der Waals surface area contributed by atoms with Crippen LogP contribution in [0.5, 0.6) is 0 Å². The molecule has 242 valence electrons. The van der Waals surface area contributed by atoms with Gasteiger partial charge in [-0.2, -0.15) is 0 Å². The minimum absolute atomic E-state index is 0.0373. The molecule has 0 aliphatic heterocycles. The lowest BCUT2D eigenvalue weighted by atomic mass is 9.34. The van der Waals surface area contributed by atoms with Crippen molar-refractivity contribution in [3.8, 4) is 0 Å². The molecular weight excluding hydrogens is 570 g/mol. The van der Waals surface area contributed by atoms with Crippen LogP contribution >= 0.6 is 0 Å². The van der Waals surface area contributed by atoms with E-state index in [0.29, 0.717) is 37.5 Å². The molecule has 0 saturated heterocycles. The van der Waals surface area contributed by atoms with Crippen LogP contribution in [0, 0.1) is 43.1 Å². The molecule has 45 heavy (non-hydrogen) atoms. The highest BCUT2D eigenvalue weighted by atomic mass is 16.6. The van der Waals surface area contributed by atoms with E-state index in [1.807, 2.05) is 6.92 Å². The molecule has 0 bridgehead atoms. The van der Waals surface area contributed by atoms with Gasteiger partial charge in [0, 0.05) is 11.0 Å². The number of nitrogens with zero attached hydrogens (tertiary/aromatic N) is 3. The van der Waals surface area contributed by atoms with E-state index in [4.69, 9.17) is 4.74 Å². The van der Waals surface area contributed by atoms with E-state index in [-0.39, 0.29) is 45.1 Å². The fourth-order valence-corrected chi connectivity index (χ4v) is 10.0. The SMILES string of the molecule is CC1=C(O)C(=O)C=C2C1=CC=C1[C@@]2(C)CC[C@@]2(C)[C@@H]3C[C@](C)(C(=O)OCCCCn4ccnc4[N+](=O)[O-])CC[C@]3(C)CC[C@]12C. The van der Waals surface area contributed by atoms with Crippen LogP contribution in [0.3, 0.4) is 0 Å². The predicted molar refractivity (Wildman–Crippen MR) is 170 cm³/mol. The second-order valence-electron chi connectivity index (χ2n) is 15.6. The quantitative estimate of drug-likeness (QED) is 0.144. The molecule has 0 radical (unpaired) electrons. The smallest absolute Gasteiger partial charge is 0.434 e. The number of unbranched alkanes of at least 4 members (excludes halogenated alkanes) is 1. The number of rotatable bonds is 7. The van der Waals surface area contributed by atoms with Gasteiger partial charge in [0.25, 0.3) is 0 Å². The van der Waals surface area contributed by atoms with Crippen molar-refractivity contribution >= 4 is 17.7 Å². The Labute approximate surface area is 265 Å². The van der Waals surface area contributed by atoms with E-state index in [2.05, 4.69) is 51.8 Å². The van der Waals surface area contributed by atoms with E-state index in [1.165, 1.54) is 16.3 Å². The van der Waals surface area contributed by atoms with Crippen LogP contribution in [0.4, 0.5) is 5.95 Å². The Kier molecular flexibility index (Phi) is 7.37. The van der Waals surface area contributed by atoms with Crippen molar-refractivity contribution in [2.75, 3.05) is 6.61 Å². The third-order valence-corrected chi connectivity index (χ3v) is 13.2. The number of ether oxygens (including phenoxy) is 1. The number of hydrogen-bond donors (Lipinski definition) is 1. The molecule has 3 fully saturated rings.